The van der Waals surface area contributed by atoms with Gasteiger partial charge in [0.1, 0.15) is 5.75 Å². The standard InChI is InChI=1S/C17H20BrNO/c1-10-5-6-14(16(20)9-10)13(4)19-17-12(3)7-11(2)8-15(17)18/h5-9,13,19-20H,1-4H3. The van der Waals surface area contributed by atoms with Gasteiger partial charge in [-0.15, -0.1) is 0 Å². The van der Waals surface area contributed by atoms with E-state index >= 15 is 0 Å². The molecule has 0 amide bonds. The minimum Gasteiger partial charge on any atom is -0.508 e. The highest BCUT2D eigenvalue weighted by molar-refractivity contribution is 9.10. The summed E-state index contributed by atoms with van der Waals surface area (Å²) in [4.78, 5) is 0. The van der Waals surface area contributed by atoms with E-state index in [0.29, 0.717) is 5.75 Å². The van der Waals surface area contributed by atoms with Crippen molar-refractivity contribution in [2.75, 3.05) is 5.32 Å². The molecule has 0 aliphatic carbocycles. The van der Waals surface area contributed by atoms with Crippen LogP contribution in [0.2, 0.25) is 0 Å². The Morgan fingerprint density at radius 2 is 1.75 bits per heavy atom. The molecule has 2 rings (SSSR count). The number of phenolic OH excluding ortho intramolecular Hbond substituents is 1. The summed E-state index contributed by atoms with van der Waals surface area (Å²) >= 11 is 3.60. The van der Waals surface area contributed by atoms with Crippen LogP contribution in [-0.2, 0) is 0 Å². The van der Waals surface area contributed by atoms with Gasteiger partial charge in [-0.2, -0.15) is 0 Å². The summed E-state index contributed by atoms with van der Waals surface area (Å²) in [5.74, 6) is 0.339. The number of benzene rings is 2. The number of halogens is 1. The van der Waals surface area contributed by atoms with Gasteiger partial charge in [0.15, 0.2) is 0 Å². The van der Waals surface area contributed by atoms with Crippen molar-refractivity contribution in [1.82, 2.24) is 0 Å². The number of hydrogen-bond acceptors (Lipinski definition) is 2. The van der Waals surface area contributed by atoms with Gasteiger partial charge in [0.05, 0.1) is 11.7 Å². The summed E-state index contributed by atoms with van der Waals surface area (Å²) in [6, 6.07) is 10.1. The Morgan fingerprint density at radius 1 is 1.05 bits per heavy atom. The predicted molar refractivity (Wildman–Crippen MR) is 88.5 cm³/mol. The number of anilines is 1. The second-order valence-corrected chi connectivity index (χ2v) is 6.22. The molecule has 0 fully saturated rings. The van der Waals surface area contributed by atoms with Crippen LogP contribution in [0.3, 0.4) is 0 Å². The third-order valence-corrected chi connectivity index (χ3v) is 4.07. The second kappa shape index (κ2) is 5.88. The molecule has 3 heteroatoms. The van der Waals surface area contributed by atoms with E-state index in [9.17, 15) is 5.11 Å². The zero-order chi connectivity index (χ0) is 14.9. The van der Waals surface area contributed by atoms with Crippen LogP contribution < -0.4 is 5.32 Å². The van der Waals surface area contributed by atoms with Gasteiger partial charge in [-0.05, 0) is 72.4 Å². The van der Waals surface area contributed by atoms with E-state index in [2.05, 4.69) is 54.2 Å². The van der Waals surface area contributed by atoms with E-state index in [1.807, 2.05) is 19.1 Å². The van der Waals surface area contributed by atoms with Crippen molar-refractivity contribution in [2.24, 2.45) is 0 Å². The van der Waals surface area contributed by atoms with E-state index in [0.717, 1.165) is 21.3 Å². The number of hydrogen-bond donors (Lipinski definition) is 2. The van der Waals surface area contributed by atoms with Crippen molar-refractivity contribution in [3.63, 3.8) is 0 Å². The van der Waals surface area contributed by atoms with Crippen LogP contribution in [0.25, 0.3) is 0 Å². The highest BCUT2D eigenvalue weighted by Crippen LogP contribution is 2.33. The monoisotopic (exact) mass is 333 g/mol. The molecule has 0 saturated heterocycles. The fourth-order valence-electron chi connectivity index (χ4n) is 2.41. The van der Waals surface area contributed by atoms with Crippen LogP contribution in [0.15, 0.2) is 34.8 Å². The lowest BCUT2D eigenvalue weighted by Gasteiger charge is -2.20. The SMILES string of the molecule is Cc1ccc(C(C)Nc2c(C)cc(C)cc2Br)c(O)c1. The average Bonchev–Trinajstić information content (AvgIpc) is 2.33. The summed E-state index contributed by atoms with van der Waals surface area (Å²) in [7, 11) is 0. The molecule has 0 bridgehead atoms. The first-order valence-electron chi connectivity index (χ1n) is 6.71. The van der Waals surface area contributed by atoms with Crippen LogP contribution in [0, 0.1) is 20.8 Å². The van der Waals surface area contributed by atoms with E-state index in [-0.39, 0.29) is 6.04 Å². The van der Waals surface area contributed by atoms with Crippen molar-refractivity contribution in [3.05, 3.63) is 57.1 Å². The van der Waals surface area contributed by atoms with Crippen molar-refractivity contribution in [1.29, 1.82) is 0 Å². The molecule has 20 heavy (non-hydrogen) atoms. The molecule has 2 aromatic carbocycles. The summed E-state index contributed by atoms with van der Waals surface area (Å²) < 4.78 is 1.05. The molecule has 0 heterocycles. The molecular weight excluding hydrogens is 314 g/mol. The van der Waals surface area contributed by atoms with E-state index < -0.39 is 0 Å². The second-order valence-electron chi connectivity index (χ2n) is 5.37. The Kier molecular flexibility index (Phi) is 4.39. The van der Waals surface area contributed by atoms with Crippen molar-refractivity contribution in [3.8, 4) is 5.75 Å². The summed E-state index contributed by atoms with van der Waals surface area (Å²) in [6.07, 6.45) is 0. The van der Waals surface area contributed by atoms with Gasteiger partial charge in [0.25, 0.3) is 0 Å². The zero-order valence-corrected chi connectivity index (χ0v) is 13.9. The van der Waals surface area contributed by atoms with Crippen LogP contribution in [0.1, 0.15) is 35.2 Å². The average molecular weight is 334 g/mol. The highest BCUT2D eigenvalue weighted by atomic mass is 79.9. The van der Waals surface area contributed by atoms with Gasteiger partial charge in [0.2, 0.25) is 0 Å². The minimum atomic E-state index is 0.0355. The number of aryl methyl sites for hydroxylation is 3. The molecule has 0 aromatic heterocycles. The lowest BCUT2D eigenvalue weighted by molar-refractivity contribution is 0.465. The molecular formula is C17H20BrNO. The zero-order valence-electron chi connectivity index (χ0n) is 12.3. The van der Waals surface area contributed by atoms with Gasteiger partial charge in [0, 0.05) is 10.0 Å². The number of rotatable bonds is 3. The molecule has 0 aliphatic rings. The molecule has 0 aliphatic heterocycles. The first-order chi connectivity index (χ1) is 9.38. The van der Waals surface area contributed by atoms with E-state index in [1.54, 1.807) is 6.07 Å². The molecule has 106 valence electrons. The molecule has 2 nitrogen and oxygen atoms in total. The Labute approximate surface area is 129 Å². The van der Waals surface area contributed by atoms with Gasteiger partial charge < -0.3 is 10.4 Å². The van der Waals surface area contributed by atoms with Crippen molar-refractivity contribution in [2.45, 2.75) is 33.7 Å². The van der Waals surface area contributed by atoms with Gasteiger partial charge in [-0.1, -0.05) is 18.2 Å². The molecule has 2 N–H and O–H groups in total. The Balaban J connectivity index is 2.30. The van der Waals surface area contributed by atoms with Crippen molar-refractivity contribution >= 4 is 21.6 Å². The van der Waals surface area contributed by atoms with Crippen LogP contribution in [-0.4, -0.2) is 5.11 Å². The Morgan fingerprint density at radius 3 is 2.35 bits per heavy atom. The number of phenols is 1. The summed E-state index contributed by atoms with van der Waals surface area (Å²) in [5, 5.41) is 13.5. The van der Waals surface area contributed by atoms with Crippen LogP contribution in [0.5, 0.6) is 5.75 Å². The number of nitrogens with one attached hydrogen (secondary N) is 1. The van der Waals surface area contributed by atoms with E-state index in [4.69, 9.17) is 0 Å². The first kappa shape index (κ1) is 14.9. The normalized spacial score (nSPS) is 12.2. The van der Waals surface area contributed by atoms with Gasteiger partial charge >= 0.3 is 0 Å². The highest BCUT2D eigenvalue weighted by Gasteiger charge is 2.13. The lowest BCUT2D eigenvalue weighted by atomic mass is 10.0. The maximum Gasteiger partial charge on any atom is 0.121 e. The predicted octanol–water partition coefficient (Wildman–Crippen LogP) is 5.25. The van der Waals surface area contributed by atoms with Crippen LogP contribution in [0.4, 0.5) is 5.69 Å². The molecule has 0 saturated carbocycles. The van der Waals surface area contributed by atoms with Crippen molar-refractivity contribution < 1.29 is 5.11 Å². The molecule has 1 atom stereocenters. The first-order valence-corrected chi connectivity index (χ1v) is 7.50. The third kappa shape index (κ3) is 3.15. The Hall–Kier alpha value is -1.48. The smallest absolute Gasteiger partial charge is 0.121 e. The molecule has 1 unspecified atom stereocenters. The largest absolute Gasteiger partial charge is 0.508 e. The lowest BCUT2D eigenvalue weighted by Crippen LogP contribution is -2.08. The molecule has 0 radical (unpaired) electrons. The Bertz CT molecular complexity index is 614. The van der Waals surface area contributed by atoms with Gasteiger partial charge in [-0.3, -0.25) is 0 Å². The fraction of sp³-hybridized carbons (Fsp3) is 0.294. The van der Waals surface area contributed by atoms with E-state index in [1.165, 1.54) is 11.1 Å². The molecule has 2 aromatic rings. The summed E-state index contributed by atoms with van der Waals surface area (Å²) in [6.45, 7) is 8.19. The topological polar surface area (TPSA) is 32.3 Å². The minimum absolute atomic E-state index is 0.0355. The maximum absolute atomic E-state index is 10.1. The number of aromatic hydroxyl groups is 1. The van der Waals surface area contributed by atoms with Crippen LogP contribution >= 0.6 is 15.9 Å². The maximum atomic E-state index is 10.1. The third-order valence-electron chi connectivity index (χ3n) is 3.45. The van der Waals surface area contributed by atoms with Gasteiger partial charge in [-0.25, -0.2) is 0 Å². The quantitative estimate of drug-likeness (QED) is 0.803. The molecule has 0 spiro atoms. The summed E-state index contributed by atoms with van der Waals surface area (Å²) in [5.41, 5.74) is 5.46. The fourth-order valence-corrected chi connectivity index (χ4v) is 3.20.